The molecule has 15 heavy (non-hydrogen) atoms. The van der Waals surface area contributed by atoms with Gasteiger partial charge in [0.25, 0.3) is 0 Å². The summed E-state index contributed by atoms with van der Waals surface area (Å²) in [7, 11) is 0. The van der Waals surface area contributed by atoms with Crippen molar-refractivity contribution in [2.75, 3.05) is 0 Å². The Labute approximate surface area is 94.7 Å². The molecule has 3 heteroatoms. The first kappa shape index (κ1) is 12.2. The highest BCUT2D eigenvalue weighted by atomic mass is 35.5. The first-order valence-electron chi connectivity index (χ1n) is 4.96. The molecule has 0 aliphatic carbocycles. The van der Waals surface area contributed by atoms with Crippen LogP contribution in [0.3, 0.4) is 0 Å². The first-order chi connectivity index (χ1) is 7.15. The maximum Gasteiger partial charge on any atom is 0.129 e. The van der Waals surface area contributed by atoms with E-state index >= 15 is 0 Å². The van der Waals surface area contributed by atoms with Gasteiger partial charge < -0.3 is 5.73 Å². The molecule has 1 nitrogen and oxygen atoms in total. The minimum atomic E-state index is -0.325. The van der Waals surface area contributed by atoms with Crippen molar-refractivity contribution in [3.8, 4) is 0 Å². The molecule has 0 aliphatic heterocycles. The molecule has 0 aliphatic rings. The van der Waals surface area contributed by atoms with Crippen molar-refractivity contribution in [1.29, 1.82) is 0 Å². The van der Waals surface area contributed by atoms with Crippen LogP contribution in [0.15, 0.2) is 30.9 Å². The molecule has 1 unspecified atom stereocenters. The van der Waals surface area contributed by atoms with Gasteiger partial charge in [0.1, 0.15) is 5.82 Å². The fraction of sp³-hybridized carbons (Fsp3) is 0.333. The van der Waals surface area contributed by atoms with E-state index in [1.165, 1.54) is 6.07 Å². The van der Waals surface area contributed by atoms with E-state index in [0.29, 0.717) is 10.6 Å². The molecule has 0 spiro atoms. The fourth-order valence-corrected chi connectivity index (χ4v) is 1.60. The van der Waals surface area contributed by atoms with Gasteiger partial charge in [0.2, 0.25) is 0 Å². The zero-order chi connectivity index (χ0) is 11.3. The van der Waals surface area contributed by atoms with E-state index < -0.39 is 0 Å². The lowest BCUT2D eigenvalue weighted by molar-refractivity contribution is 0.553. The Hall–Kier alpha value is -0.860. The van der Waals surface area contributed by atoms with Crippen molar-refractivity contribution in [2.45, 2.75) is 25.3 Å². The van der Waals surface area contributed by atoms with Gasteiger partial charge in [-0.1, -0.05) is 23.7 Å². The predicted octanol–water partition coefficient (Wildman–Crippen LogP) is 3.84. The predicted molar refractivity (Wildman–Crippen MR) is 62.4 cm³/mol. The van der Waals surface area contributed by atoms with Crippen LogP contribution in [0.1, 0.15) is 30.9 Å². The first-order valence-corrected chi connectivity index (χ1v) is 5.34. The Balaban J connectivity index is 2.64. The number of benzene rings is 1. The van der Waals surface area contributed by atoms with E-state index in [4.69, 9.17) is 17.3 Å². The highest BCUT2D eigenvalue weighted by molar-refractivity contribution is 6.30. The van der Waals surface area contributed by atoms with Crippen molar-refractivity contribution in [3.05, 3.63) is 47.3 Å². The zero-order valence-corrected chi connectivity index (χ0v) is 9.30. The van der Waals surface area contributed by atoms with Gasteiger partial charge in [-0.25, -0.2) is 4.39 Å². The fourth-order valence-electron chi connectivity index (χ4n) is 1.44. The molecular weight excluding hydrogens is 213 g/mol. The molecule has 1 aromatic rings. The Kier molecular flexibility index (Phi) is 4.79. The molecule has 82 valence electrons. The molecule has 0 heterocycles. The minimum Gasteiger partial charge on any atom is -0.324 e. The van der Waals surface area contributed by atoms with Crippen LogP contribution in [0.2, 0.25) is 5.02 Å². The summed E-state index contributed by atoms with van der Waals surface area (Å²) < 4.78 is 13.4. The van der Waals surface area contributed by atoms with Crippen LogP contribution >= 0.6 is 11.6 Å². The summed E-state index contributed by atoms with van der Waals surface area (Å²) in [6.07, 6.45) is 4.42. The maximum absolute atomic E-state index is 13.4. The van der Waals surface area contributed by atoms with Crippen LogP contribution in [0.25, 0.3) is 0 Å². The van der Waals surface area contributed by atoms with Gasteiger partial charge in [-0.15, -0.1) is 6.58 Å². The third-order valence-electron chi connectivity index (χ3n) is 2.29. The van der Waals surface area contributed by atoms with Crippen LogP contribution in [0, 0.1) is 5.82 Å². The van der Waals surface area contributed by atoms with Crippen LogP contribution in [-0.4, -0.2) is 0 Å². The SMILES string of the molecule is C=CCCCC(N)c1ccc(Cl)cc1F. The van der Waals surface area contributed by atoms with Crippen LogP contribution < -0.4 is 5.73 Å². The second-order valence-corrected chi connectivity index (χ2v) is 3.93. The molecule has 0 bridgehead atoms. The third kappa shape index (κ3) is 3.65. The molecule has 2 N–H and O–H groups in total. The molecular formula is C12H15ClFN. The van der Waals surface area contributed by atoms with Crippen LogP contribution in [-0.2, 0) is 0 Å². The summed E-state index contributed by atoms with van der Waals surface area (Å²) in [6.45, 7) is 3.63. The number of nitrogens with two attached hydrogens (primary N) is 1. The van der Waals surface area contributed by atoms with Gasteiger partial charge in [-0.05, 0) is 31.4 Å². The Morgan fingerprint density at radius 1 is 1.53 bits per heavy atom. The molecule has 0 saturated carbocycles. The van der Waals surface area contributed by atoms with Crippen molar-refractivity contribution >= 4 is 11.6 Å². The van der Waals surface area contributed by atoms with E-state index in [1.54, 1.807) is 12.1 Å². The molecule has 0 saturated heterocycles. The topological polar surface area (TPSA) is 26.0 Å². The molecule has 0 amide bonds. The highest BCUT2D eigenvalue weighted by Crippen LogP contribution is 2.22. The summed E-state index contributed by atoms with van der Waals surface area (Å²) in [6, 6.07) is 4.34. The van der Waals surface area contributed by atoms with E-state index in [-0.39, 0.29) is 11.9 Å². The van der Waals surface area contributed by atoms with Gasteiger partial charge in [-0.3, -0.25) is 0 Å². The zero-order valence-electron chi connectivity index (χ0n) is 8.55. The van der Waals surface area contributed by atoms with Crippen molar-refractivity contribution in [1.82, 2.24) is 0 Å². The molecule has 1 aromatic carbocycles. The smallest absolute Gasteiger partial charge is 0.129 e. The highest BCUT2D eigenvalue weighted by Gasteiger charge is 2.10. The third-order valence-corrected chi connectivity index (χ3v) is 2.52. The number of hydrogen-bond acceptors (Lipinski definition) is 1. The van der Waals surface area contributed by atoms with Crippen molar-refractivity contribution < 1.29 is 4.39 Å². The standard InChI is InChI=1S/C12H15ClFN/c1-2-3-4-5-12(15)10-7-6-9(13)8-11(10)14/h2,6-8,12H,1,3-5,15H2. The summed E-state index contributed by atoms with van der Waals surface area (Å²) in [5, 5.41) is 0.398. The lowest BCUT2D eigenvalue weighted by atomic mass is 10.0. The van der Waals surface area contributed by atoms with E-state index in [1.807, 2.05) is 6.08 Å². The molecule has 0 radical (unpaired) electrons. The summed E-state index contributed by atoms with van der Waals surface area (Å²) >= 11 is 5.65. The monoisotopic (exact) mass is 227 g/mol. The van der Waals surface area contributed by atoms with Gasteiger partial charge in [-0.2, -0.15) is 0 Å². The maximum atomic E-state index is 13.4. The average molecular weight is 228 g/mol. The van der Waals surface area contributed by atoms with E-state index in [0.717, 1.165) is 19.3 Å². The molecule has 0 aromatic heterocycles. The van der Waals surface area contributed by atoms with Gasteiger partial charge in [0.05, 0.1) is 0 Å². The normalized spacial score (nSPS) is 12.5. The molecule has 1 atom stereocenters. The largest absolute Gasteiger partial charge is 0.324 e. The van der Waals surface area contributed by atoms with Crippen LogP contribution in [0.4, 0.5) is 4.39 Å². The average Bonchev–Trinajstić information content (AvgIpc) is 2.17. The van der Waals surface area contributed by atoms with E-state index in [2.05, 4.69) is 6.58 Å². The van der Waals surface area contributed by atoms with Gasteiger partial charge in [0, 0.05) is 16.6 Å². The Morgan fingerprint density at radius 2 is 2.27 bits per heavy atom. The van der Waals surface area contributed by atoms with Crippen LogP contribution in [0.5, 0.6) is 0 Å². The van der Waals surface area contributed by atoms with Crippen molar-refractivity contribution in [3.63, 3.8) is 0 Å². The summed E-state index contributed by atoms with van der Waals surface area (Å²) in [5.74, 6) is -0.325. The van der Waals surface area contributed by atoms with Crippen molar-refractivity contribution in [2.24, 2.45) is 5.73 Å². The lowest BCUT2D eigenvalue weighted by Gasteiger charge is -2.12. The number of halogens is 2. The summed E-state index contributed by atoms with van der Waals surface area (Å²) in [5.41, 5.74) is 6.40. The Morgan fingerprint density at radius 3 is 2.87 bits per heavy atom. The van der Waals surface area contributed by atoms with Gasteiger partial charge in [0.15, 0.2) is 0 Å². The quantitative estimate of drug-likeness (QED) is 0.600. The minimum absolute atomic E-state index is 0.262. The Bertz CT molecular complexity index is 338. The second kappa shape index (κ2) is 5.89. The van der Waals surface area contributed by atoms with E-state index in [9.17, 15) is 4.39 Å². The number of rotatable bonds is 5. The molecule has 1 rings (SSSR count). The second-order valence-electron chi connectivity index (χ2n) is 3.49. The summed E-state index contributed by atoms with van der Waals surface area (Å²) in [4.78, 5) is 0. The van der Waals surface area contributed by atoms with Gasteiger partial charge >= 0.3 is 0 Å². The number of hydrogen-bond donors (Lipinski definition) is 1. The number of unbranched alkanes of at least 4 members (excludes halogenated alkanes) is 1. The lowest BCUT2D eigenvalue weighted by Crippen LogP contribution is -2.11. The molecule has 0 fully saturated rings. The number of allylic oxidation sites excluding steroid dienone is 1.